The molecule has 1 saturated carbocycles. The number of rotatable bonds is 2. The van der Waals surface area contributed by atoms with Crippen LogP contribution in [-0.4, -0.2) is 31.9 Å². The summed E-state index contributed by atoms with van der Waals surface area (Å²) in [7, 11) is 0. The maximum atomic E-state index is 11.3. The number of aliphatic hydroxyl groups excluding tert-OH is 1. The fraction of sp³-hybridized carbons (Fsp3) is 0.571. The highest BCUT2D eigenvalue weighted by atomic mass is 32.1. The highest BCUT2D eigenvalue weighted by Gasteiger charge is 2.28. The molecule has 0 unspecified atom stereocenters. The number of nitrogens with one attached hydrogen (secondary N) is 1. The Balaban J connectivity index is 1.86. The topological polar surface area (TPSA) is 75.1 Å². The van der Waals surface area contributed by atoms with Crippen LogP contribution in [0.15, 0.2) is 6.20 Å². The summed E-state index contributed by atoms with van der Waals surface area (Å²) in [5.74, 6) is -0.203. The molecule has 1 aromatic heterocycles. The van der Waals surface area contributed by atoms with Crippen molar-refractivity contribution in [3.63, 3.8) is 0 Å². The number of aromatic nitrogens is 2. The maximum absolute atomic E-state index is 11.3. The monoisotopic (exact) mass is 199 g/mol. The Morgan fingerprint density at radius 1 is 1.69 bits per heavy atom. The predicted octanol–water partition coefficient (Wildman–Crippen LogP) is -0.209. The zero-order valence-corrected chi connectivity index (χ0v) is 7.62. The molecular weight excluding hydrogens is 190 g/mol. The predicted molar refractivity (Wildman–Crippen MR) is 46.4 cm³/mol. The average molecular weight is 199 g/mol. The van der Waals surface area contributed by atoms with E-state index in [1.54, 1.807) is 0 Å². The van der Waals surface area contributed by atoms with E-state index in [-0.39, 0.29) is 18.1 Å². The van der Waals surface area contributed by atoms with Gasteiger partial charge in [0.15, 0.2) is 5.69 Å². The smallest absolute Gasteiger partial charge is 0.272 e. The Kier molecular flexibility index (Phi) is 2.24. The van der Waals surface area contributed by atoms with E-state index in [9.17, 15) is 4.79 Å². The number of carbonyl (C=O) groups is 1. The van der Waals surface area contributed by atoms with E-state index >= 15 is 0 Å². The van der Waals surface area contributed by atoms with Gasteiger partial charge in [0, 0.05) is 6.04 Å². The second-order valence-electron chi connectivity index (χ2n) is 3.09. The van der Waals surface area contributed by atoms with Crippen molar-refractivity contribution in [3.8, 4) is 0 Å². The van der Waals surface area contributed by atoms with Gasteiger partial charge in [0.05, 0.1) is 24.0 Å². The van der Waals surface area contributed by atoms with Crippen LogP contribution in [0, 0.1) is 0 Å². The van der Waals surface area contributed by atoms with Crippen molar-refractivity contribution >= 4 is 17.6 Å². The molecule has 1 aliphatic rings. The summed E-state index contributed by atoms with van der Waals surface area (Å²) in [5.41, 5.74) is 0.353. The molecule has 13 heavy (non-hydrogen) atoms. The van der Waals surface area contributed by atoms with Gasteiger partial charge < -0.3 is 10.4 Å². The van der Waals surface area contributed by atoms with Gasteiger partial charge >= 0.3 is 0 Å². The average Bonchev–Trinajstić information content (AvgIpc) is 2.53. The third kappa shape index (κ3) is 1.84. The molecule has 0 aromatic carbocycles. The number of nitrogens with zero attached hydrogens (tertiary/aromatic N) is 2. The molecule has 0 radical (unpaired) electrons. The summed E-state index contributed by atoms with van der Waals surface area (Å²) in [4.78, 5) is 11.3. The first-order valence-corrected chi connectivity index (χ1v) is 4.75. The first kappa shape index (κ1) is 8.58. The molecule has 2 rings (SSSR count). The van der Waals surface area contributed by atoms with Gasteiger partial charge in [-0.3, -0.25) is 4.79 Å². The van der Waals surface area contributed by atoms with Gasteiger partial charge in [-0.05, 0) is 12.8 Å². The number of amides is 1. The maximum Gasteiger partial charge on any atom is 0.272 e. The number of carbonyl (C=O) groups excluding carboxylic acids is 1. The van der Waals surface area contributed by atoms with E-state index < -0.39 is 0 Å². The molecule has 5 nitrogen and oxygen atoms in total. The van der Waals surface area contributed by atoms with Crippen molar-refractivity contribution in [2.24, 2.45) is 0 Å². The van der Waals surface area contributed by atoms with Gasteiger partial charge in [-0.1, -0.05) is 0 Å². The molecule has 1 heterocycles. The van der Waals surface area contributed by atoms with Crippen LogP contribution in [-0.2, 0) is 0 Å². The Hall–Kier alpha value is -1.01. The van der Waals surface area contributed by atoms with Crippen molar-refractivity contribution in [1.82, 2.24) is 14.1 Å². The van der Waals surface area contributed by atoms with Crippen LogP contribution in [0.2, 0.25) is 0 Å². The van der Waals surface area contributed by atoms with Crippen molar-refractivity contribution in [3.05, 3.63) is 11.9 Å². The summed E-state index contributed by atoms with van der Waals surface area (Å²) >= 11 is 1.01. The van der Waals surface area contributed by atoms with E-state index in [0.717, 1.165) is 11.7 Å². The van der Waals surface area contributed by atoms with Gasteiger partial charge in [-0.25, -0.2) is 0 Å². The largest absolute Gasteiger partial charge is 0.393 e. The molecule has 70 valence electrons. The van der Waals surface area contributed by atoms with Crippen LogP contribution >= 0.6 is 11.7 Å². The van der Waals surface area contributed by atoms with Gasteiger partial charge in [0.1, 0.15) is 0 Å². The summed E-state index contributed by atoms with van der Waals surface area (Å²) in [5, 5.41) is 11.7. The quantitative estimate of drug-likeness (QED) is 0.691. The Bertz CT molecular complexity index is 295. The van der Waals surface area contributed by atoms with E-state index in [1.165, 1.54) is 6.20 Å². The SMILES string of the molecule is O=C(NC1CC(O)C1)c1cnsn1. The Labute approximate surface area is 79.1 Å². The Morgan fingerprint density at radius 2 is 2.46 bits per heavy atom. The van der Waals surface area contributed by atoms with Crippen LogP contribution in [0.1, 0.15) is 23.3 Å². The van der Waals surface area contributed by atoms with Crippen LogP contribution in [0.4, 0.5) is 0 Å². The molecule has 0 aliphatic heterocycles. The number of hydrogen-bond donors (Lipinski definition) is 2. The molecule has 6 heteroatoms. The van der Waals surface area contributed by atoms with Crippen LogP contribution in [0.25, 0.3) is 0 Å². The number of hydrogen-bond acceptors (Lipinski definition) is 5. The van der Waals surface area contributed by atoms with E-state index in [4.69, 9.17) is 5.11 Å². The van der Waals surface area contributed by atoms with Gasteiger partial charge in [0.25, 0.3) is 5.91 Å². The molecule has 1 aromatic rings. The summed E-state index contributed by atoms with van der Waals surface area (Å²) in [6.45, 7) is 0. The highest BCUT2D eigenvalue weighted by molar-refractivity contribution is 6.99. The molecular formula is C7H9N3O2S. The standard InChI is InChI=1S/C7H9N3O2S/c11-5-1-4(2-5)9-7(12)6-3-8-13-10-6/h3-5,11H,1-2H2,(H,9,12). The van der Waals surface area contributed by atoms with Crippen molar-refractivity contribution in [2.45, 2.75) is 25.0 Å². The zero-order valence-electron chi connectivity index (χ0n) is 6.80. The molecule has 0 saturated heterocycles. The molecule has 1 amide bonds. The van der Waals surface area contributed by atoms with E-state index in [1.807, 2.05) is 0 Å². The van der Waals surface area contributed by atoms with Crippen molar-refractivity contribution in [2.75, 3.05) is 0 Å². The van der Waals surface area contributed by atoms with Gasteiger partial charge in [-0.2, -0.15) is 8.75 Å². The zero-order chi connectivity index (χ0) is 9.26. The fourth-order valence-corrected chi connectivity index (χ4v) is 1.64. The summed E-state index contributed by atoms with van der Waals surface area (Å²) in [6.07, 6.45) is 2.47. The third-order valence-electron chi connectivity index (χ3n) is 2.04. The normalized spacial score (nSPS) is 26.5. The third-order valence-corrected chi connectivity index (χ3v) is 2.52. The molecule has 1 fully saturated rings. The fourth-order valence-electron chi connectivity index (χ4n) is 1.23. The minimum absolute atomic E-state index is 0.101. The summed E-state index contributed by atoms with van der Waals surface area (Å²) in [6, 6.07) is 0.101. The number of aliphatic hydroxyl groups is 1. The lowest BCUT2D eigenvalue weighted by atomic mass is 9.89. The lowest BCUT2D eigenvalue weighted by molar-refractivity contribution is 0.0561. The first-order chi connectivity index (χ1) is 6.25. The van der Waals surface area contributed by atoms with Crippen molar-refractivity contribution < 1.29 is 9.90 Å². The summed E-state index contributed by atoms with van der Waals surface area (Å²) < 4.78 is 7.53. The van der Waals surface area contributed by atoms with Crippen molar-refractivity contribution in [1.29, 1.82) is 0 Å². The lowest BCUT2D eigenvalue weighted by Crippen LogP contribution is -2.46. The minimum Gasteiger partial charge on any atom is -0.393 e. The molecule has 2 N–H and O–H groups in total. The molecule has 0 atom stereocenters. The Morgan fingerprint density at radius 3 is 3.00 bits per heavy atom. The van der Waals surface area contributed by atoms with E-state index in [0.29, 0.717) is 18.5 Å². The van der Waals surface area contributed by atoms with Crippen LogP contribution in [0.3, 0.4) is 0 Å². The first-order valence-electron chi connectivity index (χ1n) is 4.02. The van der Waals surface area contributed by atoms with Gasteiger partial charge in [0.2, 0.25) is 0 Å². The highest BCUT2D eigenvalue weighted by Crippen LogP contribution is 2.19. The van der Waals surface area contributed by atoms with E-state index in [2.05, 4.69) is 14.1 Å². The van der Waals surface area contributed by atoms with Gasteiger partial charge in [-0.15, -0.1) is 0 Å². The minimum atomic E-state index is -0.251. The second-order valence-corrected chi connectivity index (χ2v) is 3.64. The van der Waals surface area contributed by atoms with Crippen LogP contribution < -0.4 is 5.32 Å². The molecule has 1 aliphatic carbocycles. The second kappa shape index (κ2) is 3.39. The lowest BCUT2D eigenvalue weighted by Gasteiger charge is -2.31. The molecule has 0 spiro atoms. The van der Waals surface area contributed by atoms with Crippen LogP contribution in [0.5, 0.6) is 0 Å². The molecule has 0 bridgehead atoms.